The summed E-state index contributed by atoms with van der Waals surface area (Å²) in [5, 5.41) is 0. The molecule has 0 atom stereocenters. The van der Waals surface area contributed by atoms with Crippen molar-refractivity contribution in [3.8, 4) is 11.5 Å². The molecule has 150 valence electrons. The maximum atomic E-state index is 5.67. The van der Waals surface area contributed by atoms with E-state index in [1.807, 2.05) is 0 Å². The number of methoxy groups -OCH3 is 2. The van der Waals surface area contributed by atoms with Crippen molar-refractivity contribution in [1.29, 1.82) is 0 Å². The van der Waals surface area contributed by atoms with Crippen molar-refractivity contribution in [2.75, 3.05) is 14.2 Å². The second-order valence-electron chi connectivity index (χ2n) is 11.6. The molecule has 26 heavy (non-hydrogen) atoms. The predicted molar refractivity (Wildman–Crippen MR) is 118 cm³/mol. The molecule has 1 aromatic carbocycles. The van der Waals surface area contributed by atoms with Gasteiger partial charge < -0.3 is 0 Å². The molecule has 0 saturated carbocycles. The summed E-state index contributed by atoms with van der Waals surface area (Å²) < 4.78 is 16.8. The van der Waals surface area contributed by atoms with Crippen molar-refractivity contribution in [1.82, 2.24) is 0 Å². The van der Waals surface area contributed by atoms with Gasteiger partial charge in [0.2, 0.25) is 0 Å². The third-order valence-corrected chi connectivity index (χ3v) is 23.9. The molecular formula is C23H42O2Sn. The standard InChI is InChI=1S/C8H9O2.3C5H11.Sn/c1-9-7-5-3-4-6-8(7)10-2;3*1-5(2,3)4;/h3,5-6H,1-2H3;3*1H2,2-4H3;. The minimum atomic E-state index is -2.76. The Labute approximate surface area is 166 Å². The summed E-state index contributed by atoms with van der Waals surface area (Å²) in [5.41, 5.74) is 0.999. The van der Waals surface area contributed by atoms with Crippen molar-refractivity contribution in [2.45, 2.75) is 75.6 Å². The number of ether oxygens (including phenoxy) is 2. The molecule has 1 rings (SSSR count). The molecule has 0 spiro atoms. The van der Waals surface area contributed by atoms with Crippen LogP contribution in [0.4, 0.5) is 0 Å². The topological polar surface area (TPSA) is 18.5 Å². The summed E-state index contributed by atoms with van der Waals surface area (Å²) in [5.74, 6) is 1.71. The Kier molecular flexibility index (Phi) is 7.57. The van der Waals surface area contributed by atoms with E-state index in [0.29, 0.717) is 16.2 Å². The predicted octanol–water partition coefficient (Wildman–Crippen LogP) is 6.50. The third-order valence-electron chi connectivity index (χ3n) is 4.60. The molecule has 0 aliphatic carbocycles. The van der Waals surface area contributed by atoms with E-state index in [1.165, 1.54) is 13.3 Å². The molecule has 2 nitrogen and oxygen atoms in total. The Bertz CT molecular complexity index is 545. The fourth-order valence-electron chi connectivity index (χ4n) is 4.71. The summed E-state index contributed by atoms with van der Waals surface area (Å²) in [6.45, 7) is 21.7. The molecule has 0 fully saturated rings. The molecule has 0 N–H and O–H groups in total. The molecule has 0 bridgehead atoms. The van der Waals surface area contributed by atoms with Gasteiger partial charge in [0.15, 0.2) is 0 Å². The van der Waals surface area contributed by atoms with Crippen LogP contribution in [-0.2, 0) is 0 Å². The zero-order valence-electron chi connectivity index (χ0n) is 19.2. The van der Waals surface area contributed by atoms with E-state index >= 15 is 0 Å². The van der Waals surface area contributed by atoms with Crippen molar-refractivity contribution in [3.63, 3.8) is 0 Å². The molecule has 1 aromatic rings. The molecule has 0 saturated heterocycles. The van der Waals surface area contributed by atoms with Crippen LogP contribution in [0.5, 0.6) is 11.5 Å². The van der Waals surface area contributed by atoms with E-state index in [0.717, 1.165) is 11.5 Å². The fourth-order valence-corrected chi connectivity index (χ4v) is 27.4. The first-order chi connectivity index (χ1) is 11.6. The van der Waals surface area contributed by atoms with Gasteiger partial charge in [-0.1, -0.05) is 0 Å². The van der Waals surface area contributed by atoms with Crippen LogP contribution in [0.3, 0.4) is 0 Å². The second-order valence-corrected chi connectivity index (χ2v) is 23.5. The molecule has 0 aromatic heterocycles. The van der Waals surface area contributed by atoms with E-state index in [1.54, 1.807) is 17.8 Å². The summed E-state index contributed by atoms with van der Waals surface area (Å²) in [4.78, 5) is 0. The SMILES string of the molecule is COc1cc[c]([Sn]([CH2]C(C)(C)C)([CH2]C(C)(C)C)[CH2]C(C)(C)C)cc1OC. The van der Waals surface area contributed by atoms with Crippen LogP contribution < -0.4 is 13.1 Å². The molecule has 0 radical (unpaired) electrons. The van der Waals surface area contributed by atoms with Gasteiger partial charge in [0.1, 0.15) is 0 Å². The van der Waals surface area contributed by atoms with Crippen LogP contribution in [0.1, 0.15) is 62.3 Å². The van der Waals surface area contributed by atoms with Crippen LogP contribution in [0.2, 0.25) is 13.3 Å². The van der Waals surface area contributed by atoms with E-state index in [2.05, 4.69) is 80.5 Å². The average Bonchev–Trinajstić information content (AvgIpc) is 2.40. The first-order valence-corrected chi connectivity index (χ1v) is 17.3. The van der Waals surface area contributed by atoms with Crippen molar-refractivity contribution in [2.24, 2.45) is 16.2 Å². The van der Waals surface area contributed by atoms with E-state index < -0.39 is 18.4 Å². The van der Waals surface area contributed by atoms with E-state index in [4.69, 9.17) is 9.47 Å². The molecule has 0 aliphatic heterocycles. The number of benzene rings is 1. The normalized spacial score (nSPS) is 13.7. The van der Waals surface area contributed by atoms with Crippen LogP contribution in [0.15, 0.2) is 18.2 Å². The number of hydrogen-bond acceptors (Lipinski definition) is 2. The van der Waals surface area contributed by atoms with E-state index in [-0.39, 0.29) is 0 Å². The van der Waals surface area contributed by atoms with Crippen molar-refractivity contribution >= 4 is 22.0 Å². The Morgan fingerprint density at radius 1 is 0.654 bits per heavy atom. The van der Waals surface area contributed by atoms with Crippen LogP contribution in [0, 0.1) is 16.2 Å². The monoisotopic (exact) mass is 470 g/mol. The van der Waals surface area contributed by atoms with Gasteiger partial charge in [-0.15, -0.1) is 0 Å². The Morgan fingerprint density at radius 3 is 1.35 bits per heavy atom. The molecule has 0 amide bonds. The van der Waals surface area contributed by atoms with Crippen molar-refractivity contribution < 1.29 is 9.47 Å². The quantitative estimate of drug-likeness (QED) is 0.443. The maximum absolute atomic E-state index is 5.67. The number of rotatable bonds is 6. The molecule has 0 heterocycles. The minimum absolute atomic E-state index is 0.333. The van der Waals surface area contributed by atoms with Gasteiger partial charge in [0.05, 0.1) is 0 Å². The van der Waals surface area contributed by atoms with Crippen molar-refractivity contribution in [3.05, 3.63) is 18.2 Å². The molecule has 3 heteroatoms. The Hall–Kier alpha value is -0.381. The molecule has 0 aliphatic rings. The summed E-state index contributed by atoms with van der Waals surface area (Å²) in [6.07, 6.45) is 0. The second kappa shape index (κ2) is 8.32. The van der Waals surface area contributed by atoms with Gasteiger partial charge >= 0.3 is 167 Å². The Morgan fingerprint density at radius 2 is 1.04 bits per heavy atom. The third kappa shape index (κ3) is 7.32. The van der Waals surface area contributed by atoms with Crippen LogP contribution in [0.25, 0.3) is 0 Å². The first kappa shape index (κ1) is 23.7. The summed E-state index contributed by atoms with van der Waals surface area (Å²) >= 11 is -2.76. The summed E-state index contributed by atoms with van der Waals surface area (Å²) in [6, 6.07) is 6.77. The van der Waals surface area contributed by atoms with Gasteiger partial charge in [-0.2, -0.15) is 0 Å². The van der Waals surface area contributed by atoms with E-state index in [9.17, 15) is 0 Å². The van der Waals surface area contributed by atoms with Crippen LogP contribution >= 0.6 is 0 Å². The fraction of sp³-hybridized carbons (Fsp3) is 0.739. The Balaban J connectivity index is 3.63. The summed E-state index contributed by atoms with van der Waals surface area (Å²) in [7, 11) is 3.46. The van der Waals surface area contributed by atoms with Crippen LogP contribution in [-0.4, -0.2) is 32.6 Å². The zero-order valence-corrected chi connectivity index (χ0v) is 22.0. The van der Waals surface area contributed by atoms with Gasteiger partial charge in [-0.05, 0) is 0 Å². The van der Waals surface area contributed by atoms with Gasteiger partial charge in [-0.25, -0.2) is 0 Å². The van der Waals surface area contributed by atoms with Gasteiger partial charge in [-0.3, -0.25) is 0 Å². The molecular weight excluding hydrogens is 427 g/mol. The first-order valence-electron chi connectivity index (χ1n) is 9.83. The zero-order chi connectivity index (χ0) is 20.4. The molecule has 0 unspecified atom stereocenters. The van der Waals surface area contributed by atoms with Gasteiger partial charge in [0, 0.05) is 0 Å². The number of hydrogen-bond donors (Lipinski definition) is 0. The van der Waals surface area contributed by atoms with Gasteiger partial charge in [0.25, 0.3) is 0 Å². The average molecular weight is 469 g/mol.